The van der Waals surface area contributed by atoms with E-state index in [9.17, 15) is 0 Å². The second-order valence-electron chi connectivity index (χ2n) is 4.70. The molecule has 0 radical (unpaired) electrons. The van der Waals surface area contributed by atoms with E-state index >= 15 is 0 Å². The van der Waals surface area contributed by atoms with Gasteiger partial charge in [-0.05, 0) is 30.2 Å². The van der Waals surface area contributed by atoms with Gasteiger partial charge in [0.05, 0.1) is 13.2 Å². The van der Waals surface area contributed by atoms with E-state index in [2.05, 4.69) is 17.2 Å². The summed E-state index contributed by atoms with van der Waals surface area (Å²) in [7, 11) is 0. The number of hydrogen-bond acceptors (Lipinski definition) is 3. The van der Waals surface area contributed by atoms with Crippen molar-refractivity contribution in [2.24, 2.45) is 5.92 Å². The van der Waals surface area contributed by atoms with Crippen LogP contribution in [0.15, 0.2) is 11.4 Å². The van der Waals surface area contributed by atoms with E-state index in [0.29, 0.717) is 13.0 Å². The molecule has 0 unspecified atom stereocenters. The Morgan fingerprint density at radius 2 is 2.22 bits per heavy atom. The summed E-state index contributed by atoms with van der Waals surface area (Å²) >= 11 is 1.70. The lowest BCUT2D eigenvalue weighted by molar-refractivity contribution is 0.0905. The maximum atomic E-state index is 8.70. The molecule has 3 heteroatoms. The molecule has 1 N–H and O–H groups in total. The van der Waals surface area contributed by atoms with Gasteiger partial charge in [-0.1, -0.05) is 24.7 Å². The monoisotopic (exact) mass is 264 g/mol. The summed E-state index contributed by atoms with van der Waals surface area (Å²) < 4.78 is 5.80. The first kappa shape index (κ1) is 13.6. The molecule has 1 fully saturated rings. The smallest absolute Gasteiger partial charge is 0.0822 e. The molecule has 0 aromatic carbocycles. The highest BCUT2D eigenvalue weighted by molar-refractivity contribution is 7.10. The minimum Gasteiger partial charge on any atom is -0.395 e. The van der Waals surface area contributed by atoms with E-state index in [1.54, 1.807) is 11.3 Å². The van der Waals surface area contributed by atoms with Crippen LogP contribution in [0, 0.1) is 17.8 Å². The first-order valence-corrected chi connectivity index (χ1v) is 7.52. The van der Waals surface area contributed by atoms with Crippen molar-refractivity contribution in [3.05, 3.63) is 21.9 Å². The van der Waals surface area contributed by atoms with Crippen LogP contribution in [0.3, 0.4) is 0 Å². The molecule has 0 bridgehead atoms. The molecule has 1 aromatic heterocycles. The molecule has 2 rings (SSSR count). The second kappa shape index (κ2) is 7.58. The van der Waals surface area contributed by atoms with Crippen LogP contribution in [0.2, 0.25) is 0 Å². The summed E-state index contributed by atoms with van der Waals surface area (Å²) in [6.45, 7) is 1.70. The minimum atomic E-state index is 0.130. The van der Waals surface area contributed by atoms with Crippen molar-refractivity contribution in [2.75, 3.05) is 13.2 Å². The van der Waals surface area contributed by atoms with Crippen molar-refractivity contribution in [2.45, 2.75) is 38.7 Å². The Labute approximate surface area is 113 Å². The van der Waals surface area contributed by atoms with Crippen LogP contribution >= 0.6 is 11.3 Å². The highest BCUT2D eigenvalue weighted by Crippen LogP contribution is 2.25. The molecule has 0 atom stereocenters. The first-order chi connectivity index (χ1) is 8.90. The van der Waals surface area contributed by atoms with Crippen molar-refractivity contribution < 1.29 is 9.84 Å². The standard InChI is InChI=1S/C15H20O2S/c16-9-4-3-7-14-8-10-18-15(14)12-17-11-13-5-1-2-6-13/h8,10,13,16H,1-2,4-6,9,11-12H2. The average Bonchev–Trinajstić information content (AvgIpc) is 3.02. The molecule has 1 heterocycles. The van der Waals surface area contributed by atoms with Gasteiger partial charge in [0.1, 0.15) is 0 Å². The topological polar surface area (TPSA) is 29.5 Å². The Balaban J connectivity index is 1.78. The van der Waals surface area contributed by atoms with Gasteiger partial charge in [-0.25, -0.2) is 0 Å². The predicted octanol–water partition coefficient (Wildman–Crippen LogP) is 3.19. The van der Waals surface area contributed by atoms with Crippen LogP contribution in [0.25, 0.3) is 0 Å². The van der Waals surface area contributed by atoms with E-state index in [0.717, 1.165) is 18.1 Å². The van der Waals surface area contributed by atoms with Crippen molar-refractivity contribution >= 4 is 11.3 Å². The third-order valence-corrected chi connectivity index (χ3v) is 4.16. The number of thiophene rings is 1. The fraction of sp³-hybridized carbons (Fsp3) is 0.600. The minimum absolute atomic E-state index is 0.130. The number of aliphatic hydroxyl groups excluding tert-OH is 1. The zero-order valence-electron chi connectivity index (χ0n) is 10.7. The molecule has 2 nitrogen and oxygen atoms in total. The summed E-state index contributed by atoms with van der Waals surface area (Å²) in [5.41, 5.74) is 1.06. The largest absolute Gasteiger partial charge is 0.395 e. The third-order valence-electron chi connectivity index (χ3n) is 3.27. The molecule has 1 aromatic rings. The van der Waals surface area contributed by atoms with Crippen molar-refractivity contribution in [1.29, 1.82) is 0 Å². The predicted molar refractivity (Wildman–Crippen MR) is 74.5 cm³/mol. The van der Waals surface area contributed by atoms with Gasteiger partial charge in [0.15, 0.2) is 0 Å². The zero-order chi connectivity index (χ0) is 12.6. The summed E-state index contributed by atoms with van der Waals surface area (Å²) in [4.78, 5) is 1.21. The van der Waals surface area contributed by atoms with Crippen LogP contribution in [-0.4, -0.2) is 18.3 Å². The number of aliphatic hydroxyl groups is 1. The highest BCUT2D eigenvalue weighted by Gasteiger charge is 2.15. The van der Waals surface area contributed by atoms with Crippen LogP contribution in [0.4, 0.5) is 0 Å². The highest BCUT2D eigenvalue weighted by atomic mass is 32.1. The Morgan fingerprint density at radius 3 is 3.00 bits per heavy atom. The second-order valence-corrected chi connectivity index (χ2v) is 5.70. The van der Waals surface area contributed by atoms with E-state index < -0.39 is 0 Å². The summed E-state index contributed by atoms with van der Waals surface area (Å²) in [5, 5.41) is 10.8. The molecule has 0 amide bonds. The molecule has 98 valence electrons. The lowest BCUT2D eigenvalue weighted by atomic mass is 10.1. The number of hydrogen-bond donors (Lipinski definition) is 1. The van der Waals surface area contributed by atoms with Crippen molar-refractivity contribution in [3.8, 4) is 11.8 Å². The van der Waals surface area contributed by atoms with Gasteiger partial charge in [0.25, 0.3) is 0 Å². The van der Waals surface area contributed by atoms with Crippen LogP contribution in [-0.2, 0) is 11.3 Å². The molecule has 18 heavy (non-hydrogen) atoms. The molecular weight excluding hydrogens is 244 g/mol. The van der Waals surface area contributed by atoms with Crippen LogP contribution in [0.1, 0.15) is 42.5 Å². The third kappa shape index (κ3) is 4.13. The maximum absolute atomic E-state index is 8.70. The van der Waals surface area contributed by atoms with Gasteiger partial charge in [0.2, 0.25) is 0 Å². The lowest BCUT2D eigenvalue weighted by Gasteiger charge is -2.09. The van der Waals surface area contributed by atoms with Gasteiger partial charge < -0.3 is 9.84 Å². The molecule has 1 aliphatic carbocycles. The van der Waals surface area contributed by atoms with Crippen LogP contribution < -0.4 is 0 Å². The zero-order valence-corrected chi connectivity index (χ0v) is 11.5. The molecule has 1 aliphatic rings. The van der Waals surface area contributed by atoms with Crippen molar-refractivity contribution in [3.63, 3.8) is 0 Å². The Bertz CT molecular complexity index is 408. The van der Waals surface area contributed by atoms with E-state index in [4.69, 9.17) is 9.84 Å². The summed E-state index contributed by atoms with van der Waals surface area (Å²) in [6.07, 6.45) is 5.93. The van der Waals surface area contributed by atoms with E-state index in [1.165, 1.54) is 30.6 Å². The van der Waals surface area contributed by atoms with E-state index in [-0.39, 0.29) is 6.61 Å². The van der Waals surface area contributed by atoms with Crippen LogP contribution in [0.5, 0.6) is 0 Å². The summed E-state index contributed by atoms with van der Waals surface area (Å²) in [6, 6.07) is 2.03. The Kier molecular flexibility index (Phi) is 5.73. The van der Waals surface area contributed by atoms with Gasteiger partial charge in [-0.2, -0.15) is 0 Å². The van der Waals surface area contributed by atoms with Gasteiger partial charge in [-0.3, -0.25) is 0 Å². The number of ether oxygens (including phenoxy) is 1. The van der Waals surface area contributed by atoms with Gasteiger partial charge in [0, 0.05) is 23.5 Å². The van der Waals surface area contributed by atoms with E-state index in [1.807, 2.05) is 6.07 Å². The molecule has 0 saturated heterocycles. The lowest BCUT2D eigenvalue weighted by Crippen LogP contribution is -2.05. The molecule has 0 spiro atoms. The summed E-state index contributed by atoms with van der Waals surface area (Å²) in [5.74, 6) is 6.83. The fourth-order valence-electron chi connectivity index (χ4n) is 2.27. The SMILES string of the molecule is OCCC#Cc1ccsc1COCC1CCCC1. The maximum Gasteiger partial charge on any atom is 0.0822 e. The Morgan fingerprint density at radius 1 is 1.39 bits per heavy atom. The average molecular weight is 264 g/mol. The number of rotatable bonds is 5. The molecule has 1 saturated carbocycles. The first-order valence-electron chi connectivity index (χ1n) is 6.64. The van der Waals surface area contributed by atoms with Crippen molar-refractivity contribution in [1.82, 2.24) is 0 Å². The van der Waals surface area contributed by atoms with Gasteiger partial charge >= 0.3 is 0 Å². The quantitative estimate of drug-likeness (QED) is 0.828. The van der Waals surface area contributed by atoms with Gasteiger partial charge in [-0.15, -0.1) is 11.3 Å². The Hall–Kier alpha value is -0.820. The molecular formula is C15H20O2S. The molecule has 0 aliphatic heterocycles. The fourth-order valence-corrected chi connectivity index (χ4v) is 3.04. The normalized spacial score (nSPS) is 15.6.